The van der Waals surface area contributed by atoms with Crippen LogP contribution in [0.15, 0.2) is 30.3 Å². The molecule has 0 unspecified atom stereocenters. The zero-order chi connectivity index (χ0) is 17.2. The van der Waals surface area contributed by atoms with Gasteiger partial charge in [0.2, 0.25) is 0 Å². The maximum atomic E-state index is 12.6. The van der Waals surface area contributed by atoms with E-state index in [1.165, 1.54) is 20.1 Å². The zero-order valence-electron chi connectivity index (χ0n) is 12.2. The van der Waals surface area contributed by atoms with Crippen LogP contribution in [0, 0.1) is 6.92 Å². The van der Waals surface area contributed by atoms with Crippen LogP contribution in [0.25, 0.3) is 0 Å². The zero-order valence-corrected chi connectivity index (χ0v) is 12.9. The molecule has 1 N–H and O–H groups in total. The molecule has 0 aliphatic rings. The predicted octanol–water partition coefficient (Wildman–Crippen LogP) is 4.32. The molecule has 0 fully saturated rings. The number of carbonyl (C=O) groups is 1. The number of nitrogens with one attached hydrogen (secondary N) is 1. The Morgan fingerprint density at radius 1 is 1.26 bits per heavy atom. The van der Waals surface area contributed by atoms with E-state index in [1.54, 1.807) is 12.1 Å². The molecule has 4 nitrogen and oxygen atoms in total. The number of carbonyl (C=O) groups excluding carboxylic acids is 1. The van der Waals surface area contributed by atoms with Gasteiger partial charge in [-0.3, -0.25) is 4.79 Å². The number of aryl methyl sites for hydroxylation is 1. The summed E-state index contributed by atoms with van der Waals surface area (Å²) in [4.78, 5) is 15.6. The topological polar surface area (TPSA) is 51.2 Å². The lowest BCUT2D eigenvalue weighted by atomic mass is 10.1. The Kier molecular flexibility index (Phi) is 4.79. The summed E-state index contributed by atoms with van der Waals surface area (Å²) in [5.41, 5.74) is -0.624. The fourth-order valence-electron chi connectivity index (χ4n) is 1.90. The standard InChI is InChI=1S/C15H12ClF3N2O2/c1-8-10(4-6-13(20-8)15(17,18)19)14(22)21-9-3-5-12(23-2)11(16)7-9/h3-7H,1-2H3,(H,21,22). The second-order valence-electron chi connectivity index (χ2n) is 4.63. The lowest BCUT2D eigenvalue weighted by molar-refractivity contribution is -0.141. The number of methoxy groups -OCH3 is 1. The summed E-state index contributed by atoms with van der Waals surface area (Å²) in [6, 6.07) is 6.46. The van der Waals surface area contributed by atoms with Crippen molar-refractivity contribution < 1.29 is 22.7 Å². The number of rotatable bonds is 3. The van der Waals surface area contributed by atoms with Gasteiger partial charge >= 0.3 is 6.18 Å². The molecule has 0 saturated heterocycles. The van der Waals surface area contributed by atoms with Crippen molar-refractivity contribution in [2.75, 3.05) is 12.4 Å². The summed E-state index contributed by atoms with van der Waals surface area (Å²) >= 11 is 5.95. The Morgan fingerprint density at radius 3 is 2.48 bits per heavy atom. The Hall–Kier alpha value is -2.28. The summed E-state index contributed by atoms with van der Waals surface area (Å²) in [6.45, 7) is 1.34. The maximum absolute atomic E-state index is 12.6. The minimum absolute atomic E-state index is 0.0167. The number of hydrogen-bond donors (Lipinski definition) is 1. The van der Waals surface area contributed by atoms with Crippen molar-refractivity contribution in [1.29, 1.82) is 0 Å². The van der Waals surface area contributed by atoms with E-state index in [2.05, 4.69) is 10.3 Å². The van der Waals surface area contributed by atoms with Crippen LogP contribution in [-0.4, -0.2) is 18.0 Å². The molecule has 0 spiro atoms. The Balaban J connectivity index is 2.23. The van der Waals surface area contributed by atoms with Crippen molar-refractivity contribution in [3.05, 3.63) is 52.3 Å². The first-order valence-corrected chi connectivity index (χ1v) is 6.80. The molecule has 23 heavy (non-hydrogen) atoms. The van der Waals surface area contributed by atoms with Crippen molar-refractivity contribution in [2.45, 2.75) is 13.1 Å². The number of halogens is 4. The van der Waals surface area contributed by atoms with Crippen LogP contribution >= 0.6 is 11.6 Å². The van der Waals surface area contributed by atoms with Crippen molar-refractivity contribution in [3.63, 3.8) is 0 Å². The Bertz CT molecular complexity index is 748. The van der Waals surface area contributed by atoms with Crippen LogP contribution < -0.4 is 10.1 Å². The highest BCUT2D eigenvalue weighted by Gasteiger charge is 2.33. The van der Waals surface area contributed by atoms with E-state index in [1.807, 2.05) is 0 Å². The molecule has 8 heteroatoms. The van der Waals surface area contributed by atoms with Crippen LogP contribution in [0.3, 0.4) is 0 Å². The first-order chi connectivity index (χ1) is 10.7. The predicted molar refractivity (Wildman–Crippen MR) is 79.9 cm³/mol. The van der Waals surface area contributed by atoms with Crippen LogP contribution in [0.1, 0.15) is 21.7 Å². The fourth-order valence-corrected chi connectivity index (χ4v) is 2.16. The van der Waals surface area contributed by atoms with Crippen molar-refractivity contribution in [3.8, 4) is 5.75 Å². The average molecular weight is 345 g/mol. The van der Waals surface area contributed by atoms with Crippen molar-refractivity contribution >= 4 is 23.2 Å². The smallest absolute Gasteiger partial charge is 0.433 e. The molecule has 2 aromatic rings. The second kappa shape index (κ2) is 6.45. The number of hydrogen-bond acceptors (Lipinski definition) is 3. The molecule has 1 amide bonds. The number of aromatic nitrogens is 1. The number of amides is 1. The number of anilines is 1. The third-order valence-electron chi connectivity index (χ3n) is 3.03. The second-order valence-corrected chi connectivity index (χ2v) is 5.04. The van der Waals surface area contributed by atoms with Gasteiger partial charge < -0.3 is 10.1 Å². The molecule has 1 heterocycles. The number of pyridine rings is 1. The van der Waals surface area contributed by atoms with Gasteiger partial charge in [-0.15, -0.1) is 0 Å². The summed E-state index contributed by atoms with van der Waals surface area (Å²) in [5.74, 6) is -0.137. The monoisotopic (exact) mass is 344 g/mol. The maximum Gasteiger partial charge on any atom is 0.433 e. The largest absolute Gasteiger partial charge is 0.495 e. The van der Waals surface area contributed by atoms with Gasteiger partial charge in [-0.25, -0.2) is 4.98 Å². The van der Waals surface area contributed by atoms with E-state index in [4.69, 9.17) is 16.3 Å². The molecular weight excluding hydrogens is 333 g/mol. The molecule has 0 saturated carbocycles. The van der Waals surface area contributed by atoms with E-state index in [9.17, 15) is 18.0 Å². The normalized spacial score (nSPS) is 11.2. The first kappa shape index (κ1) is 17.1. The molecule has 0 radical (unpaired) electrons. The average Bonchev–Trinajstić information content (AvgIpc) is 2.46. The van der Waals surface area contributed by atoms with E-state index < -0.39 is 17.8 Å². The lowest BCUT2D eigenvalue weighted by Crippen LogP contribution is -2.16. The minimum atomic E-state index is -4.55. The Morgan fingerprint density at radius 2 is 1.96 bits per heavy atom. The highest BCUT2D eigenvalue weighted by atomic mass is 35.5. The molecule has 0 aliphatic carbocycles. The van der Waals surface area contributed by atoms with Crippen LogP contribution in [-0.2, 0) is 6.18 Å². The van der Waals surface area contributed by atoms with Gasteiger partial charge in [-0.1, -0.05) is 11.6 Å². The van der Waals surface area contributed by atoms with Crippen LogP contribution in [0.2, 0.25) is 5.02 Å². The van der Waals surface area contributed by atoms with Crippen LogP contribution in [0.4, 0.5) is 18.9 Å². The Labute approximate surface area is 135 Å². The summed E-state index contributed by atoms with van der Waals surface area (Å²) in [5, 5.41) is 2.85. The molecule has 1 aromatic heterocycles. The van der Waals surface area contributed by atoms with E-state index in [-0.39, 0.29) is 11.3 Å². The van der Waals surface area contributed by atoms with Gasteiger partial charge in [-0.05, 0) is 37.3 Å². The summed E-state index contributed by atoms with van der Waals surface area (Å²) < 4.78 is 42.7. The number of alkyl halides is 3. The van der Waals surface area contributed by atoms with Gasteiger partial charge in [-0.2, -0.15) is 13.2 Å². The van der Waals surface area contributed by atoms with Gasteiger partial charge in [0.15, 0.2) is 0 Å². The number of benzene rings is 1. The van der Waals surface area contributed by atoms with Crippen molar-refractivity contribution in [2.24, 2.45) is 0 Å². The first-order valence-electron chi connectivity index (χ1n) is 6.42. The molecule has 0 bridgehead atoms. The summed E-state index contributed by atoms with van der Waals surface area (Å²) in [7, 11) is 1.46. The quantitative estimate of drug-likeness (QED) is 0.902. The highest BCUT2D eigenvalue weighted by Crippen LogP contribution is 2.29. The fraction of sp³-hybridized carbons (Fsp3) is 0.200. The molecule has 1 aromatic carbocycles. The van der Waals surface area contributed by atoms with Gasteiger partial charge in [0.25, 0.3) is 5.91 Å². The number of ether oxygens (including phenoxy) is 1. The molecule has 122 valence electrons. The van der Waals surface area contributed by atoms with Gasteiger partial charge in [0.1, 0.15) is 11.4 Å². The van der Waals surface area contributed by atoms with Gasteiger partial charge in [0.05, 0.1) is 23.4 Å². The summed E-state index contributed by atoms with van der Waals surface area (Å²) in [6.07, 6.45) is -4.55. The molecule has 0 aliphatic heterocycles. The molecule has 2 rings (SSSR count). The van der Waals surface area contributed by atoms with Crippen molar-refractivity contribution in [1.82, 2.24) is 4.98 Å². The SMILES string of the molecule is COc1ccc(NC(=O)c2ccc(C(F)(F)F)nc2C)cc1Cl. The molecule has 0 atom stereocenters. The van der Waals surface area contributed by atoms with E-state index in [0.717, 1.165) is 12.1 Å². The minimum Gasteiger partial charge on any atom is -0.495 e. The third kappa shape index (κ3) is 3.92. The van der Waals surface area contributed by atoms with E-state index in [0.29, 0.717) is 16.5 Å². The third-order valence-corrected chi connectivity index (χ3v) is 3.33. The van der Waals surface area contributed by atoms with Gasteiger partial charge in [0, 0.05) is 5.69 Å². The highest BCUT2D eigenvalue weighted by molar-refractivity contribution is 6.32. The number of nitrogens with zero attached hydrogens (tertiary/aromatic N) is 1. The van der Waals surface area contributed by atoms with Crippen LogP contribution in [0.5, 0.6) is 5.75 Å². The lowest BCUT2D eigenvalue weighted by Gasteiger charge is -2.11. The molecular formula is C15H12ClF3N2O2. The van der Waals surface area contributed by atoms with E-state index >= 15 is 0 Å².